The molecule has 8 heteroatoms. The minimum absolute atomic E-state index is 0.187. The summed E-state index contributed by atoms with van der Waals surface area (Å²) in [5, 5.41) is 19.0. The van der Waals surface area contributed by atoms with Gasteiger partial charge in [0.2, 0.25) is 6.79 Å². The average molecular weight is 403 g/mol. The van der Waals surface area contributed by atoms with Gasteiger partial charge in [-0.05, 0) is 37.6 Å². The molecule has 0 saturated heterocycles. The number of urea groups is 1. The van der Waals surface area contributed by atoms with Crippen LogP contribution in [0.4, 0.5) is 16.3 Å². The Morgan fingerprint density at radius 3 is 2.67 bits per heavy atom. The summed E-state index contributed by atoms with van der Waals surface area (Å²) < 4.78 is 10.8. The van der Waals surface area contributed by atoms with Crippen LogP contribution in [0, 0.1) is 18.3 Å². The first-order chi connectivity index (χ1) is 14.6. The number of anilines is 2. The number of carbonyl (C=O) groups excluding carboxylic acids is 1. The van der Waals surface area contributed by atoms with Crippen molar-refractivity contribution in [3.8, 4) is 17.6 Å². The van der Waals surface area contributed by atoms with Crippen molar-refractivity contribution in [3.63, 3.8) is 0 Å². The zero-order valence-electron chi connectivity index (χ0n) is 16.5. The maximum absolute atomic E-state index is 12.0. The van der Waals surface area contributed by atoms with E-state index in [-0.39, 0.29) is 12.8 Å². The van der Waals surface area contributed by atoms with E-state index in [1.165, 1.54) is 0 Å². The zero-order valence-corrected chi connectivity index (χ0v) is 16.5. The minimum Gasteiger partial charge on any atom is -0.454 e. The number of fused-ring (bicyclic) bond motifs is 2. The van der Waals surface area contributed by atoms with Crippen molar-refractivity contribution >= 4 is 28.4 Å². The maximum Gasteiger partial charge on any atom is 0.319 e. The highest BCUT2D eigenvalue weighted by Crippen LogP contribution is 2.36. The second-order valence-electron chi connectivity index (χ2n) is 6.92. The summed E-state index contributed by atoms with van der Waals surface area (Å²) in [6, 6.07) is 14.9. The number of aryl methyl sites for hydroxylation is 1. The molecule has 3 aromatic rings. The summed E-state index contributed by atoms with van der Waals surface area (Å²) in [4.78, 5) is 16.5. The number of aromatic nitrogens is 1. The normalized spacial score (nSPS) is 11.7. The Balaban J connectivity index is 1.30. The van der Waals surface area contributed by atoms with Gasteiger partial charge in [0.05, 0.1) is 11.1 Å². The molecule has 0 fully saturated rings. The summed E-state index contributed by atoms with van der Waals surface area (Å²) >= 11 is 0. The van der Waals surface area contributed by atoms with Crippen molar-refractivity contribution in [1.82, 2.24) is 10.3 Å². The Labute approximate surface area is 173 Å². The van der Waals surface area contributed by atoms with Gasteiger partial charge in [-0.1, -0.05) is 17.7 Å². The van der Waals surface area contributed by atoms with Crippen LogP contribution in [0.1, 0.15) is 17.5 Å². The molecule has 1 aliphatic heterocycles. The molecule has 4 rings (SSSR count). The number of nitrogens with zero attached hydrogens (tertiary/aromatic N) is 2. The summed E-state index contributed by atoms with van der Waals surface area (Å²) in [5.74, 6) is 1.81. The third-order valence-corrected chi connectivity index (χ3v) is 4.67. The predicted molar refractivity (Wildman–Crippen MR) is 114 cm³/mol. The van der Waals surface area contributed by atoms with Crippen molar-refractivity contribution < 1.29 is 14.3 Å². The van der Waals surface area contributed by atoms with Gasteiger partial charge in [-0.2, -0.15) is 5.26 Å². The maximum atomic E-state index is 12.0. The molecule has 0 spiro atoms. The van der Waals surface area contributed by atoms with Crippen molar-refractivity contribution in [2.24, 2.45) is 0 Å². The van der Waals surface area contributed by atoms with Gasteiger partial charge in [0.1, 0.15) is 11.9 Å². The largest absolute Gasteiger partial charge is 0.454 e. The summed E-state index contributed by atoms with van der Waals surface area (Å²) in [5.41, 5.74) is 3.05. The Morgan fingerprint density at radius 1 is 1.13 bits per heavy atom. The predicted octanol–water partition coefficient (Wildman–Crippen LogP) is 3.77. The molecule has 2 heterocycles. The molecule has 8 nitrogen and oxygen atoms in total. The van der Waals surface area contributed by atoms with Gasteiger partial charge in [-0.3, -0.25) is 0 Å². The third-order valence-electron chi connectivity index (χ3n) is 4.67. The van der Waals surface area contributed by atoms with Gasteiger partial charge < -0.3 is 25.4 Å². The number of ether oxygens (including phenoxy) is 2. The Kier molecular flexibility index (Phi) is 5.52. The Morgan fingerprint density at radius 2 is 1.90 bits per heavy atom. The molecule has 0 unspecified atom stereocenters. The first-order valence-electron chi connectivity index (χ1n) is 9.62. The first-order valence-corrected chi connectivity index (χ1v) is 9.62. The quantitative estimate of drug-likeness (QED) is 0.541. The summed E-state index contributed by atoms with van der Waals surface area (Å²) in [6.45, 7) is 3.22. The second kappa shape index (κ2) is 8.57. The lowest BCUT2D eigenvalue weighted by atomic mass is 10.1. The van der Waals surface area contributed by atoms with E-state index in [0.29, 0.717) is 42.4 Å². The molecule has 2 amide bonds. The molecular formula is C22H21N5O3. The van der Waals surface area contributed by atoms with E-state index in [1.54, 1.807) is 12.1 Å². The van der Waals surface area contributed by atoms with Crippen molar-refractivity contribution in [3.05, 3.63) is 53.6 Å². The van der Waals surface area contributed by atoms with Crippen molar-refractivity contribution in [2.45, 2.75) is 13.3 Å². The highest BCUT2D eigenvalue weighted by molar-refractivity contribution is 5.89. The lowest BCUT2D eigenvalue weighted by Gasteiger charge is -2.10. The molecule has 0 radical (unpaired) electrons. The van der Waals surface area contributed by atoms with Gasteiger partial charge in [0, 0.05) is 30.2 Å². The molecule has 152 valence electrons. The lowest BCUT2D eigenvalue weighted by Crippen LogP contribution is -2.30. The van der Waals surface area contributed by atoms with Gasteiger partial charge in [-0.25, -0.2) is 9.78 Å². The molecule has 30 heavy (non-hydrogen) atoms. The number of benzene rings is 2. The van der Waals surface area contributed by atoms with Gasteiger partial charge in [0.15, 0.2) is 11.5 Å². The number of pyridine rings is 1. The summed E-state index contributed by atoms with van der Waals surface area (Å²) in [6.07, 6.45) is 0.674. The molecule has 0 atom stereocenters. The van der Waals surface area contributed by atoms with Crippen LogP contribution < -0.4 is 25.4 Å². The van der Waals surface area contributed by atoms with Crippen LogP contribution in [0.25, 0.3) is 10.9 Å². The first kappa shape index (κ1) is 19.3. The monoisotopic (exact) mass is 403 g/mol. The van der Waals surface area contributed by atoms with E-state index >= 15 is 0 Å². The Hall–Kier alpha value is -3.99. The van der Waals surface area contributed by atoms with Crippen LogP contribution in [-0.2, 0) is 0 Å². The van der Waals surface area contributed by atoms with E-state index in [9.17, 15) is 10.1 Å². The highest BCUT2D eigenvalue weighted by atomic mass is 16.7. The lowest BCUT2D eigenvalue weighted by molar-refractivity contribution is 0.174. The van der Waals surface area contributed by atoms with Crippen LogP contribution >= 0.6 is 0 Å². The molecule has 0 saturated carbocycles. The van der Waals surface area contributed by atoms with Gasteiger partial charge in [0.25, 0.3) is 0 Å². The molecule has 0 aliphatic carbocycles. The van der Waals surface area contributed by atoms with E-state index in [2.05, 4.69) is 27.0 Å². The molecule has 0 bridgehead atoms. The van der Waals surface area contributed by atoms with E-state index in [4.69, 9.17) is 9.47 Å². The topological polar surface area (TPSA) is 108 Å². The molecular weight excluding hydrogens is 382 g/mol. The van der Waals surface area contributed by atoms with E-state index in [0.717, 1.165) is 22.2 Å². The number of hydrogen-bond acceptors (Lipinski definition) is 6. The van der Waals surface area contributed by atoms with E-state index in [1.807, 2.05) is 37.3 Å². The number of carbonyl (C=O) groups is 1. The Bertz CT molecular complexity index is 1120. The van der Waals surface area contributed by atoms with Crippen molar-refractivity contribution in [1.29, 1.82) is 5.26 Å². The van der Waals surface area contributed by atoms with Gasteiger partial charge >= 0.3 is 6.03 Å². The fraction of sp³-hybridized carbons (Fsp3) is 0.227. The summed E-state index contributed by atoms with van der Waals surface area (Å²) in [7, 11) is 0. The number of nitriles is 1. The number of nitrogens with one attached hydrogen (secondary N) is 3. The molecule has 3 N–H and O–H groups in total. The zero-order chi connectivity index (χ0) is 20.9. The van der Waals surface area contributed by atoms with Crippen LogP contribution in [-0.4, -0.2) is 30.9 Å². The minimum atomic E-state index is -0.253. The van der Waals surface area contributed by atoms with Crippen LogP contribution in [0.15, 0.2) is 42.5 Å². The number of hydrogen-bond donors (Lipinski definition) is 3. The highest BCUT2D eigenvalue weighted by Gasteiger charge is 2.16. The molecule has 1 aliphatic rings. The number of rotatable bonds is 6. The van der Waals surface area contributed by atoms with Crippen LogP contribution in [0.3, 0.4) is 0 Å². The van der Waals surface area contributed by atoms with Crippen LogP contribution in [0.5, 0.6) is 11.5 Å². The van der Waals surface area contributed by atoms with Gasteiger partial charge in [-0.15, -0.1) is 0 Å². The average Bonchev–Trinajstić information content (AvgIpc) is 3.20. The third kappa shape index (κ3) is 4.36. The smallest absolute Gasteiger partial charge is 0.319 e. The van der Waals surface area contributed by atoms with Crippen molar-refractivity contribution in [2.75, 3.05) is 30.5 Å². The number of amides is 2. The molecule has 2 aromatic carbocycles. The molecule has 1 aromatic heterocycles. The van der Waals surface area contributed by atoms with Crippen LogP contribution in [0.2, 0.25) is 0 Å². The van der Waals surface area contributed by atoms with E-state index < -0.39 is 0 Å². The standard InChI is InChI=1S/C22H21N5O3/c1-14-3-5-17(6-4-14)26-22(28)25-8-2-7-24-21-16(12-23)9-15-10-19-20(30-13-29-19)11-18(15)27-21/h3-6,9-11H,2,7-8,13H2,1H3,(H,24,27)(H2,25,26,28). The fourth-order valence-electron chi connectivity index (χ4n) is 3.09. The SMILES string of the molecule is Cc1ccc(NC(=O)NCCCNc2nc3cc4c(cc3cc2C#N)OCO4)cc1. The fourth-order valence-corrected chi connectivity index (χ4v) is 3.09. The second-order valence-corrected chi connectivity index (χ2v) is 6.92.